The Kier molecular flexibility index (Phi) is 6.43. The number of benzene rings is 1. The van der Waals surface area contributed by atoms with E-state index in [4.69, 9.17) is 21.1 Å². The van der Waals surface area contributed by atoms with Gasteiger partial charge in [0.1, 0.15) is 18.2 Å². The maximum atomic E-state index is 11.0. The third kappa shape index (κ3) is 5.56. The lowest BCUT2D eigenvalue weighted by molar-refractivity contribution is -0.118. The van der Waals surface area contributed by atoms with Gasteiger partial charge < -0.3 is 14.8 Å². The van der Waals surface area contributed by atoms with Crippen LogP contribution in [0.3, 0.4) is 0 Å². The number of hydrogen-bond acceptors (Lipinski definition) is 3. The van der Waals surface area contributed by atoms with Gasteiger partial charge in [0, 0.05) is 13.7 Å². The fourth-order valence-electron chi connectivity index (χ4n) is 1.24. The van der Waals surface area contributed by atoms with E-state index in [1.54, 1.807) is 7.11 Å². The highest BCUT2D eigenvalue weighted by molar-refractivity contribution is 6.27. The summed E-state index contributed by atoms with van der Waals surface area (Å²) in [5, 5.41) is 2.69. The predicted molar refractivity (Wildman–Crippen MR) is 66.4 cm³/mol. The molecule has 0 aromatic heterocycles. The Morgan fingerprint density at radius 2 is 2.24 bits per heavy atom. The van der Waals surface area contributed by atoms with Crippen LogP contribution in [0.25, 0.3) is 0 Å². The third-order valence-electron chi connectivity index (χ3n) is 2.07. The zero-order valence-corrected chi connectivity index (χ0v) is 10.5. The molecule has 0 aliphatic carbocycles. The summed E-state index contributed by atoms with van der Waals surface area (Å²) in [6.07, 6.45) is 0. The summed E-state index contributed by atoms with van der Waals surface area (Å²) < 4.78 is 10.3. The van der Waals surface area contributed by atoms with Crippen molar-refractivity contribution in [3.05, 3.63) is 29.8 Å². The van der Waals surface area contributed by atoms with E-state index < -0.39 is 0 Å². The summed E-state index contributed by atoms with van der Waals surface area (Å²) in [7, 11) is 1.63. The second-order valence-corrected chi connectivity index (χ2v) is 3.67. The molecule has 1 aromatic carbocycles. The molecule has 0 radical (unpaired) electrons. The molecule has 1 rings (SSSR count). The summed E-state index contributed by atoms with van der Waals surface area (Å²) in [5.74, 6) is 0.557. The summed E-state index contributed by atoms with van der Waals surface area (Å²) in [6, 6.07) is 7.54. The third-order valence-corrected chi connectivity index (χ3v) is 2.31. The molecule has 0 bridgehead atoms. The van der Waals surface area contributed by atoms with Crippen molar-refractivity contribution in [3.8, 4) is 5.75 Å². The van der Waals surface area contributed by atoms with Crippen LogP contribution in [0.15, 0.2) is 24.3 Å². The van der Waals surface area contributed by atoms with Gasteiger partial charge in [-0.25, -0.2) is 0 Å². The number of halogens is 1. The first-order chi connectivity index (χ1) is 8.26. The second kappa shape index (κ2) is 7.92. The lowest BCUT2D eigenvalue weighted by atomic mass is 10.2. The van der Waals surface area contributed by atoms with Crippen LogP contribution >= 0.6 is 11.6 Å². The highest BCUT2D eigenvalue weighted by atomic mass is 35.5. The minimum absolute atomic E-state index is 0.0238. The summed E-state index contributed by atoms with van der Waals surface area (Å²) in [6.45, 7) is 1.51. The van der Waals surface area contributed by atoms with Gasteiger partial charge in [-0.1, -0.05) is 12.1 Å². The molecule has 0 aliphatic rings. The van der Waals surface area contributed by atoms with Gasteiger partial charge in [-0.15, -0.1) is 11.6 Å². The molecule has 94 valence electrons. The highest BCUT2D eigenvalue weighted by Crippen LogP contribution is 2.13. The zero-order chi connectivity index (χ0) is 12.5. The normalized spacial score (nSPS) is 10.0. The first kappa shape index (κ1) is 13.8. The van der Waals surface area contributed by atoms with Gasteiger partial charge >= 0.3 is 0 Å². The molecule has 0 unspecified atom stereocenters. The highest BCUT2D eigenvalue weighted by Gasteiger charge is 2.00. The van der Waals surface area contributed by atoms with Gasteiger partial charge in [0.15, 0.2) is 0 Å². The molecule has 0 saturated carbocycles. The van der Waals surface area contributed by atoms with E-state index in [9.17, 15) is 4.79 Å². The van der Waals surface area contributed by atoms with Crippen LogP contribution < -0.4 is 10.1 Å². The number of alkyl halides is 1. The lowest BCUT2D eigenvalue weighted by Crippen LogP contribution is -2.23. The number of carbonyl (C=O) groups excluding carboxylic acids is 1. The molecule has 1 aromatic rings. The Labute approximate surface area is 106 Å². The summed E-state index contributed by atoms with van der Waals surface area (Å²) in [4.78, 5) is 11.0. The van der Waals surface area contributed by atoms with Gasteiger partial charge in [0.2, 0.25) is 5.91 Å². The quantitative estimate of drug-likeness (QED) is 0.596. The number of amides is 1. The fourth-order valence-corrected chi connectivity index (χ4v) is 1.33. The van der Waals surface area contributed by atoms with Crippen molar-refractivity contribution in [2.75, 3.05) is 26.2 Å². The van der Waals surface area contributed by atoms with Gasteiger partial charge in [-0.05, 0) is 17.7 Å². The maximum Gasteiger partial charge on any atom is 0.235 e. The largest absolute Gasteiger partial charge is 0.491 e. The smallest absolute Gasteiger partial charge is 0.235 e. The van der Waals surface area contributed by atoms with E-state index in [1.165, 1.54) is 0 Å². The minimum atomic E-state index is -0.183. The van der Waals surface area contributed by atoms with E-state index in [-0.39, 0.29) is 11.8 Å². The molecular weight excluding hydrogens is 242 g/mol. The van der Waals surface area contributed by atoms with Crippen LogP contribution in [-0.4, -0.2) is 32.1 Å². The predicted octanol–water partition coefficient (Wildman–Crippen LogP) is 1.57. The molecule has 0 saturated heterocycles. The Bertz CT molecular complexity index is 357. The van der Waals surface area contributed by atoms with Crippen LogP contribution in [0, 0.1) is 0 Å². The molecule has 1 amide bonds. The van der Waals surface area contributed by atoms with E-state index in [2.05, 4.69) is 5.32 Å². The van der Waals surface area contributed by atoms with Crippen molar-refractivity contribution < 1.29 is 14.3 Å². The van der Waals surface area contributed by atoms with Crippen molar-refractivity contribution in [1.82, 2.24) is 5.32 Å². The summed E-state index contributed by atoms with van der Waals surface area (Å²) in [5.41, 5.74) is 0.971. The number of methoxy groups -OCH3 is 1. The molecule has 0 fully saturated rings. The lowest BCUT2D eigenvalue weighted by Gasteiger charge is -2.08. The molecule has 0 aliphatic heterocycles. The van der Waals surface area contributed by atoms with Crippen LogP contribution in [-0.2, 0) is 16.1 Å². The van der Waals surface area contributed by atoms with Crippen molar-refractivity contribution >= 4 is 17.5 Å². The molecule has 1 N–H and O–H groups in total. The first-order valence-electron chi connectivity index (χ1n) is 5.29. The van der Waals surface area contributed by atoms with E-state index >= 15 is 0 Å². The Balaban J connectivity index is 2.44. The van der Waals surface area contributed by atoms with Crippen molar-refractivity contribution in [2.45, 2.75) is 6.54 Å². The molecule has 0 spiro atoms. The average Bonchev–Trinajstić information content (AvgIpc) is 2.37. The Hall–Kier alpha value is -1.26. The molecule has 5 heteroatoms. The second-order valence-electron chi connectivity index (χ2n) is 3.40. The average molecular weight is 258 g/mol. The van der Waals surface area contributed by atoms with Gasteiger partial charge in [-0.2, -0.15) is 0 Å². The SMILES string of the molecule is COCCOc1cccc(CNC(=O)CCl)c1. The molecule has 0 atom stereocenters. The monoisotopic (exact) mass is 257 g/mol. The zero-order valence-electron chi connectivity index (χ0n) is 9.74. The van der Waals surface area contributed by atoms with E-state index in [0.29, 0.717) is 19.8 Å². The first-order valence-corrected chi connectivity index (χ1v) is 5.83. The minimum Gasteiger partial charge on any atom is -0.491 e. The van der Waals surface area contributed by atoms with Crippen LogP contribution in [0.2, 0.25) is 0 Å². The topological polar surface area (TPSA) is 47.6 Å². The number of ether oxygens (including phenoxy) is 2. The number of nitrogens with one attached hydrogen (secondary N) is 1. The van der Waals surface area contributed by atoms with Crippen LogP contribution in [0.5, 0.6) is 5.75 Å². The Morgan fingerprint density at radius 1 is 1.41 bits per heavy atom. The molecule has 0 heterocycles. The Morgan fingerprint density at radius 3 is 2.94 bits per heavy atom. The van der Waals surface area contributed by atoms with Crippen molar-refractivity contribution in [1.29, 1.82) is 0 Å². The van der Waals surface area contributed by atoms with Gasteiger partial charge in [0.25, 0.3) is 0 Å². The van der Waals surface area contributed by atoms with Crippen LogP contribution in [0.4, 0.5) is 0 Å². The van der Waals surface area contributed by atoms with Crippen LogP contribution in [0.1, 0.15) is 5.56 Å². The molecule has 4 nitrogen and oxygen atoms in total. The molecule has 17 heavy (non-hydrogen) atoms. The molecular formula is C12H16ClNO3. The number of rotatable bonds is 7. The maximum absolute atomic E-state index is 11.0. The summed E-state index contributed by atoms with van der Waals surface area (Å²) >= 11 is 5.38. The number of hydrogen-bond donors (Lipinski definition) is 1. The van der Waals surface area contributed by atoms with Crippen molar-refractivity contribution in [3.63, 3.8) is 0 Å². The number of carbonyl (C=O) groups is 1. The van der Waals surface area contributed by atoms with Crippen molar-refractivity contribution in [2.24, 2.45) is 0 Å². The van der Waals surface area contributed by atoms with E-state index in [1.807, 2.05) is 24.3 Å². The van der Waals surface area contributed by atoms with Gasteiger partial charge in [-0.3, -0.25) is 4.79 Å². The van der Waals surface area contributed by atoms with Gasteiger partial charge in [0.05, 0.1) is 6.61 Å². The fraction of sp³-hybridized carbons (Fsp3) is 0.417. The standard InChI is InChI=1S/C12H16ClNO3/c1-16-5-6-17-11-4-2-3-10(7-11)9-14-12(15)8-13/h2-4,7H,5-6,8-9H2,1H3,(H,14,15). The van der Waals surface area contributed by atoms with E-state index in [0.717, 1.165) is 11.3 Å².